The summed E-state index contributed by atoms with van der Waals surface area (Å²) in [5.41, 5.74) is 0. The molecule has 0 heterocycles. The number of benzene rings is 1. The second-order valence-corrected chi connectivity index (χ2v) is 4.81. The zero-order chi connectivity index (χ0) is 11.5. The molecule has 0 N–H and O–H groups in total. The first kappa shape index (κ1) is 11.6. The molecule has 1 aromatic rings. The van der Waals surface area contributed by atoms with Crippen LogP contribution in [0.4, 0.5) is 4.39 Å². The molecule has 1 aliphatic rings. The van der Waals surface area contributed by atoms with Crippen LogP contribution in [-0.2, 0) is 4.79 Å². The van der Waals surface area contributed by atoms with Crippen LogP contribution in [0.2, 0.25) is 0 Å². The summed E-state index contributed by atoms with van der Waals surface area (Å²) in [6.45, 7) is 0. The van der Waals surface area contributed by atoms with Gasteiger partial charge >= 0.3 is 0 Å². The first-order chi connectivity index (χ1) is 7.65. The molecule has 4 heteroatoms. The van der Waals surface area contributed by atoms with Crippen LogP contribution in [0, 0.1) is 5.82 Å². The van der Waals surface area contributed by atoms with E-state index < -0.39 is 0 Å². The number of halogens is 2. The van der Waals surface area contributed by atoms with Gasteiger partial charge in [0.15, 0.2) is 0 Å². The third kappa shape index (κ3) is 2.82. The third-order valence-corrected chi connectivity index (χ3v) is 3.27. The Hall–Kier alpha value is -0.900. The van der Waals surface area contributed by atoms with Gasteiger partial charge in [-0.3, -0.25) is 4.79 Å². The molecule has 0 radical (unpaired) electrons. The number of ether oxygens (including phenoxy) is 1. The molecule has 1 atom stereocenters. The van der Waals surface area contributed by atoms with Crippen LogP contribution in [0.3, 0.4) is 0 Å². The first-order valence-corrected chi connectivity index (χ1v) is 6.08. The molecule has 0 saturated heterocycles. The lowest BCUT2D eigenvalue weighted by atomic mass is 9.96. The second-order valence-electron chi connectivity index (χ2n) is 3.95. The molecule has 16 heavy (non-hydrogen) atoms. The van der Waals surface area contributed by atoms with Crippen LogP contribution in [0.1, 0.15) is 25.7 Å². The number of hydrogen-bond acceptors (Lipinski definition) is 2. The Morgan fingerprint density at radius 2 is 2.25 bits per heavy atom. The fourth-order valence-corrected chi connectivity index (χ4v) is 2.07. The largest absolute Gasteiger partial charge is 0.490 e. The van der Waals surface area contributed by atoms with E-state index >= 15 is 0 Å². The lowest BCUT2D eigenvalue weighted by molar-refractivity contribution is -0.122. The van der Waals surface area contributed by atoms with Gasteiger partial charge in [0.05, 0.1) is 4.47 Å². The SMILES string of the molecule is O=C1CCCC(Oc2ccc(Br)c(F)c2)C1. The molecule has 2 nitrogen and oxygen atoms in total. The van der Waals surface area contributed by atoms with E-state index in [4.69, 9.17) is 4.74 Å². The topological polar surface area (TPSA) is 26.3 Å². The molecule has 1 saturated carbocycles. The summed E-state index contributed by atoms with van der Waals surface area (Å²) in [7, 11) is 0. The molecule has 0 aliphatic heterocycles. The van der Waals surface area contributed by atoms with Crippen molar-refractivity contribution in [1.29, 1.82) is 0 Å². The normalized spacial score (nSPS) is 20.9. The number of hydrogen-bond donors (Lipinski definition) is 0. The standard InChI is InChI=1S/C12H12BrFO2/c13-11-5-4-10(7-12(11)14)16-9-3-1-2-8(15)6-9/h4-5,7,9H,1-3,6H2. The van der Waals surface area contributed by atoms with Crippen LogP contribution < -0.4 is 4.74 Å². The highest BCUT2D eigenvalue weighted by Gasteiger charge is 2.20. The highest BCUT2D eigenvalue weighted by Crippen LogP contribution is 2.25. The van der Waals surface area contributed by atoms with Crippen LogP contribution in [-0.4, -0.2) is 11.9 Å². The summed E-state index contributed by atoms with van der Waals surface area (Å²) >= 11 is 3.08. The summed E-state index contributed by atoms with van der Waals surface area (Å²) in [6, 6.07) is 4.64. The highest BCUT2D eigenvalue weighted by atomic mass is 79.9. The minimum absolute atomic E-state index is 0.0955. The van der Waals surface area contributed by atoms with Crippen molar-refractivity contribution < 1.29 is 13.9 Å². The fourth-order valence-electron chi connectivity index (χ4n) is 1.83. The molecule has 1 aromatic carbocycles. The zero-order valence-electron chi connectivity index (χ0n) is 8.71. The highest BCUT2D eigenvalue weighted by molar-refractivity contribution is 9.10. The molecule has 0 bridgehead atoms. The van der Waals surface area contributed by atoms with Gasteiger partial charge in [0.25, 0.3) is 0 Å². The van der Waals surface area contributed by atoms with Gasteiger partial charge in [-0.25, -0.2) is 4.39 Å². The van der Waals surface area contributed by atoms with Gasteiger partial charge in [0.2, 0.25) is 0 Å². The smallest absolute Gasteiger partial charge is 0.141 e. The summed E-state index contributed by atoms with van der Waals surface area (Å²) in [5.74, 6) is 0.369. The zero-order valence-corrected chi connectivity index (χ0v) is 10.3. The molecular weight excluding hydrogens is 275 g/mol. The van der Waals surface area contributed by atoms with Crippen LogP contribution in [0.5, 0.6) is 5.75 Å². The van der Waals surface area contributed by atoms with E-state index in [2.05, 4.69) is 15.9 Å². The second kappa shape index (κ2) is 4.95. The molecule has 0 amide bonds. The van der Waals surface area contributed by atoms with Crippen LogP contribution in [0.25, 0.3) is 0 Å². The number of carbonyl (C=O) groups excluding carboxylic acids is 1. The molecule has 0 spiro atoms. The van der Waals surface area contributed by atoms with E-state index in [-0.39, 0.29) is 17.7 Å². The number of carbonyl (C=O) groups is 1. The predicted molar refractivity (Wildman–Crippen MR) is 62.0 cm³/mol. The summed E-state index contributed by atoms with van der Waals surface area (Å²) in [5, 5.41) is 0. The van der Waals surface area contributed by atoms with Gasteiger partial charge in [0, 0.05) is 18.9 Å². The van der Waals surface area contributed by atoms with Gasteiger partial charge in [-0.15, -0.1) is 0 Å². The van der Waals surface area contributed by atoms with E-state index in [1.165, 1.54) is 6.07 Å². The minimum Gasteiger partial charge on any atom is -0.490 e. The molecule has 1 unspecified atom stereocenters. The first-order valence-electron chi connectivity index (χ1n) is 5.28. The van der Waals surface area contributed by atoms with Crippen LogP contribution in [0.15, 0.2) is 22.7 Å². The molecule has 1 aliphatic carbocycles. The average molecular weight is 287 g/mol. The third-order valence-electron chi connectivity index (χ3n) is 2.63. The maximum Gasteiger partial charge on any atom is 0.141 e. The molecular formula is C12H12BrFO2. The van der Waals surface area contributed by atoms with Crippen molar-refractivity contribution in [3.05, 3.63) is 28.5 Å². The lowest BCUT2D eigenvalue weighted by Gasteiger charge is -2.22. The Morgan fingerprint density at radius 3 is 2.94 bits per heavy atom. The summed E-state index contributed by atoms with van der Waals surface area (Å²) in [4.78, 5) is 11.2. The Labute approximate surface area is 102 Å². The number of Topliss-reactive ketones (excluding diaryl/α,β-unsaturated/α-hetero) is 1. The Bertz CT molecular complexity index is 406. The van der Waals surface area contributed by atoms with Gasteiger partial charge < -0.3 is 4.74 Å². The van der Waals surface area contributed by atoms with Crippen molar-refractivity contribution >= 4 is 21.7 Å². The van der Waals surface area contributed by atoms with Gasteiger partial charge in [-0.2, -0.15) is 0 Å². The molecule has 1 fully saturated rings. The Balaban J connectivity index is 2.03. The van der Waals surface area contributed by atoms with E-state index in [9.17, 15) is 9.18 Å². The van der Waals surface area contributed by atoms with Crippen molar-refractivity contribution in [2.24, 2.45) is 0 Å². The maximum absolute atomic E-state index is 13.2. The molecule has 0 aromatic heterocycles. The predicted octanol–water partition coefficient (Wildman–Crippen LogP) is 3.48. The van der Waals surface area contributed by atoms with E-state index in [0.29, 0.717) is 23.1 Å². The monoisotopic (exact) mass is 286 g/mol. The minimum atomic E-state index is -0.348. The van der Waals surface area contributed by atoms with Gasteiger partial charge in [-0.1, -0.05) is 0 Å². The van der Waals surface area contributed by atoms with Gasteiger partial charge in [-0.05, 0) is 40.9 Å². The lowest BCUT2D eigenvalue weighted by Crippen LogP contribution is -2.25. The summed E-state index contributed by atoms with van der Waals surface area (Å²) in [6.07, 6.45) is 2.72. The van der Waals surface area contributed by atoms with Crippen molar-refractivity contribution in [3.63, 3.8) is 0 Å². The van der Waals surface area contributed by atoms with E-state index in [1.807, 2.05) is 0 Å². The van der Waals surface area contributed by atoms with Crippen molar-refractivity contribution in [2.45, 2.75) is 31.8 Å². The number of rotatable bonds is 2. The van der Waals surface area contributed by atoms with Crippen molar-refractivity contribution in [1.82, 2.24) is 0 Å². The maximum atomic E-state index is 13.2. The summed E-state index contributed by atoms with van der Waals surface area (Å²) < 4.78 is 19.2. The average Bonchev–Trinajstić information content (AvgIpc) is 2.24. The van der Waals surface area contributed by atoms with Crippen molar-refractivity contribution in [2.75, 3.05) is 0 Å². The molecule has 86 valence electrons. The fraction of sp³-hybridized carbons (Fsp3) is 0.417. The van der Waals surface area contributed by atoms with Crippen LogP contribution >= 0.6 is 15.9 Å². The van der Waals surface area contributed by atoms with E-state index in [1.54, 1.807) is 12.1 Å². The quantitative estimate of drug-likeness (QED) is 0.832. The Kier molecular flexibility index (Phi) is 3.59. The molecule has 2 rings (SSSR count). The van der Waals surface area contributed by atoms with Gasteiger partial charge in [0.1, 0.15) is 23.5 Å². The Morgan fingerprint density at radius 1 is 1.44 bits per heavy atom. The number of ketones is 1. The van der Waals surface area contributed by atoms with E-state index in [0.717, 1.165) is 12.8 Å². The van der Waals surface area contributed by atoms with Crippen molar-refractivity contribution in [3.8, 4) is 5.75 Å².